The number of aromatic amines is 1. The number of carbonyl (C=O) groups excluding carboxylic acids is 2. The van der Waals surface area contributed by atoms with Gasteiger partial charge < -0.3 is 0 Å². The van der Waals surface area contributed by atoms with E-state index < -0.39 is 0 Å². The molecular weight excluding hydrogens is 354 g/mol. The Bertz CT molecular complexity index is 1140. The van der Waals surface area contributed by atoms with Crippen molar-refractivity contribution in [1.29, 1.82) is 0 Å². The quantitative estimate of drug-likeness (QED) is 0.541. The minimum atomic E-state index is -0.278. The molecule has 0 aliphatic heterocycles. The lowest BCUT2D eigenvalue weighted by Crippen LogP contribution is -2.15. The van der Waals surface area contributed by atoms with Gasteiger partial charge in [0.25, 0.3) is 5.91 Å². The summed E-state index contributed by atoms with van der Waals surface area (Å²) in [5.74, 6) is 0.197. The molecule has 0 aliphatic carbocycles. The highest BCUT2D eigenvalue weighted by atomic mass is 16.2. The fraction of sp³-hybridized carbons (Fsp3) is 0.143. The topological polar surface area (TPSA) is 92.7 Å². The Morgan fingerprint density at radius 1 is 1.14 bits per heavy atom. The molecular formula is C21H19N5O2. The lowest BCUT2D eigenvalue weighted by molar-refractivity contribution is -0.118. The van der Waals surface area contributed by atoms with Crippen molar-refractivity contribution in [3.05, 3.63) is 72.2 Å². The van der Waals surface area contributed by atoms with Crippen molar-refractivity contribution in [3.63, 3.8) is 0 Å². The zero-order chi connectivity index (χ0) is 19.5. The van der Waals surface area contributed by atoms with E-state index in [-0.39, 0.29) is 18.1 Å². The molecule has 140 valence electrons. The predicted molar refractivity (Wildman–Crippen MR) is 107 cm³/mol. The molecule has 2 N–H and O–H groups in total. The Kier molecular flexibility index (Phi) is 4.72. The molecule has 28 heavy (non-hydrogen) atoms. The average molecular weight is 373 g/mol. The second kappa shape index (κ2) is 7.48. The van der Waals surface area contributed by atoms with E-state index in [1.165, 1.54) is 0 Å². The number of nitrogens with one attached hydrogen (secondary N) is 2. The first-order valence-electron chi connectivity index (χ1n) is 9.04. The summed E-state index contributed by atoms with van der Waals surface area (Å²) in [4.78, 5) is 29.1. The minimum Gasteiger partial charge on any atom is -0.299 e. The Morgan fingerprint density at radius 3 is 2.75 bits per heavy atom. The summed E-state index contributed by atoms with van der Waals surface area (Å²) in [5.41, 5.74) is 2.84. The molecule has 1 amide bonds. The molecule has 0 radical (unpaired) electrons. The van der Waals surface area contributed by atoms with E-state index in [9.17, 15) is 9.59 Å². The van der Waals surface area contributed by atoms with Crippen LogP contribution in [0.3, 0.4) is 0 Å². The average Bonchev–Trinajstić information content (AvgIpc) is 3.34. The highest BCUT2D eigenvalue weighted by Gasteiger charge is 2.16. The number of para-hydroxylation sites is 1. The first-order chi connectivity index (χ1) is 13.6. The van der Waals surface area contributed by atoms with Gasteiger partial charge in [-0.2, -0.15) is 5.10 Å². The zero-order valence-corrected chi connectivity index (χ0v) is 15.3. The van der Waals surface area contributed by atoms with Gasteiger partial charge in [-0.1, -0.05) is 25.1 Å². The van der Waals surface area contributed by atoms with Crippen LogP contribution in [0.2, 0.25) is 0 Å². The molecule has 4 rings (SSSR count). The van der Waals surface area contributed by atoms with Crippen LogP contribution in [-0.4, -0.2) is 31.4 Å². The van der Waals surface area contributed by atoms with Gasteiger partial charge in [0.15, 0.2) is 0 Å². The van der Waals surface area contributed by atoms with Crippen molar-refractivity contribution in [2.45, 2.75) is 19.8 Å². The van der Waals surface area contributed by atoms with Gasteiger partial charge in [0.05, 0.1) is 23.8 Å². The Labute approximate surface area is 161 Å². The maximum Gasteiger partial charge on any atom is 0.258 e. The molecule has 7 nitrogen and oxygen atoms in total. The molecule has 0 atom stereocenters. The summed E-state index contributed by atoms with van der Waals surface area (Å²) in [5, 5.41) is 10.6. The summed E-state index contributed by atoms with van der Waals surface area (Å²) in [6.07, 6.45) is 4.15. The van der Waals surface area contributed by atoms with Crippen molar-refractivity contribution in [3.8, 4) is 5.69 Å². The molecule has 0 saturated carbocycles. The first-order valence-corrected chi connectivity index (χ1v) is 9.04. The van der Waals surface area contributed by atoms with Gasteiger partial charge in [0.1, 0.15) is 5.78 Å². The monoisotopic (exact) mass is 373 g/mol. The van der Waals surface area contributed by atoms with E-state index in [2.05, 4.69) is 20.5 Å². The molecule has 2 heterocycles. The summed E-state index contributed by atoms with van der Waals surface area (Å²) in [7, 11) is 0. The van der Waals surface area contributed by atoms with Crippen molar-refractivity contribution >= 4 is 28.5 Å². The SMILES string of the molecule is CCC(=O)Cc1cn(-c2ccccc2)c(NC(=O)c2ccc3[nH]ncc3c2)n1. The largest absolute Gasteiger partial charge is 0.299 e. The van der Waals surface area contributed by atoms with E-state index in [4.69, 9.17) is 0 Å². The summed E-state index contributed by atoms with van der Waals surface area (Å²) < 4.78 is 1.78. The van der Waals surface area contributed by atoms with E-state index in [1.54, 1.807) is 29.1 Å². The van der Waals surface area contributed by atoms with Crippen molar-refractivity contribution in [2.75, 3.05) is 5.32 Å². The molecule has 0 bridgehead atoms. The van der Waals surface area contributed by atoms with Crippen LogP contribution in [-0.2, 0) is 11.2 Å². The van der Waals surface area contributed by atoms with Crippen LogP contribution in [0.25, 0.3) is 16.6 Å². The van der Waals surface area contributed by atoms with Crippen LogP contribution in [0, 0.1) is 0 Å². The van der Waals surface area contributed by atoms with Crippen molar-refractivity contribution < 1.29 is 9.59 Å². The number of ketones is 1. The number of hydrogen-bond acceptors (Lipinski definition) is 4. The van der Waals surface area contributed by atoms with Gasteiger partial charge in [-0.25, -0.2) is 4.98 Å². The number of benzene rings is 2. The lowest BCUT2D eigenvalue weighted by Gasteiger charge is -2.09. The first kappa shape index (κ1) is 17.7. The summed E-state index contributed by atoms with van der Waals surface area (Å²) >= 11 is 0. The molecule has 0 unspecified atom stereocenters. The maximum absolute atomic E-state index is 12.8. The van der Waals surface area contributed by atoms with Crippen LogP contribution in [0.4, 0.5) is 5.95 Å². The number of imidazole rings is 1. The van der Waals surface area contributed by atoms with Gasteiger partial charge in [-0.05, 0) is 30.3 Å². The second-order valence-corrected chi connectivity index (χ2v) is 6.46. The Morgan fingerprint density at radius 2 is 1.96 bits per heavy atom. The fourth-order valence-electron chi connectivity index (χ4n) is 2.97. The Hall–Kier alpha value is -3.74. The van der Waals surface area contributed by atoms with E-state index in [1.807, 2.05) is 43.3 Å². The third kappa shape index (κ3) is 3.55. The molecule has 7 heteroatoms. The number of nitrogens with zero attached hydrogens (tertiary/aromatic N) is 3. The van der Waals surface area contributed by atoms with Crippen molar-refractivity contribution in [1.82, 2.24) is 19.7 Å². The number of Topliss-reactive ketones (excluding diaryl/α,β-unsaturated/α-hetero) is 1. The van der Waals surface area contributed by atoms with Crippen LogP contribution >= 0.6 is 0 Å². The molecule has 4 aromatic rings. The number of aromatic nitrogens is 4. The smallest absolute Gasteiger partial charge is 0.258 e. The van der Waals surface area contributed by atoms with E-state index in [0.29, 0.717) is 23.6 Å². The standard InChI is InChI=1S/C21H19N5O2/c1-2-18(27)11-16-13-26(17-6-4-3-5-7-17)21(23-16)24-20(28)14-8-9-19-15(10-14)12-22-25-19/h3-10,12-13H,2,11H2,1H3,(H,22,25)(H,23,24,28). The van der Waals surface area contributed by atoms with E-state index in [0.717, 1.165) is 16.6 Å². The third-order valence-corrected chi connectivity index (χ3v) is 4.49. The van der Waals surface area contributed by atoms with E-state index >= 15 is 0 Å². The number of hydrogen-bond donors (Lipinski definition) is 2. The number of amides is 1. The van der Waals surface area contributed by atoms with Gasteiger partial charge in [-0.15, -0.1) is 0 Å². The number of H-pyrrole nitrogens is 1. The third-order valence-electron chi connectivity index (χ3n) is 4.49. The predicted octanol–water partition coefficient (Wildman–Crippen LogP) is 3.52. The zero-order valence-electron chi connectivity index (χ0n) is 15.3. The molecule has 2 aromatic carbocycles. The van der Waals surface area contributed by atoms with Crippen LogP contribution in [0.5, 0.6) is 0 Å². The summed E-state index contributed by atoms with van der Waals surface area (Å²) in [6.45, 7) is 1.82. The summed E-state index contributed by atoms with van der Waals surface area (Å²) in [6, 6.07) is 14.9. The number of anilines is 1. The van der Waals surface area contributed by atoms with Gasteiger partial charge in [0.2, 0.25) is 5.95 Å². The van der Waals surface area contributed by atoms with Crippen molar-refractivity contribution in [2.24, 2.45) is 0 Å². The number of rotatable bonds is 6. The normalized spacial score (nSPS) is 10.9. The number of fused-ring (bicyclic) bond motifs is 1. The molecule has 2 aromatic heterocycles. The number of carbonyl (C=O) groups is 2. The van der Waals surface area contributed by atoms with Crippen LogP contribution in [0.1, 0.15) is 29.4 Å². The minimum absolute atomic E-state index is 0.0981. The molecule has 0 spiro atoms. The molecule has 0 fully saturated rings. The molecule has 0 aliphatic rings. The van der Waals surface area contributed by atoms with Gasteiger partial charge in [0, 0.05) is 29.3 Å². The highest BCUT2D eigenvalue weighted by molar-refractivity contribution is 6.05. The lowest BCUT2D eigenvalue weighted by atomic mass is 10.1. The highest BCUT2D eigenvalue weighted by Crippen LogP contribution is 2.19. The van der Waals surface area contributed by atoms with Crippen LogP contribution in [0.15, 0.2) is 60.9 Å². The van der Waals surface area contributed by atoms with Crippen LogP contribution < -0.4 is 5.32 Å². The fourth-order valence-corrected chi connectivity index (χ4v) is 2.97. The molecule has 0 saturated heterocycles. The second-order valence-electron chi connectivity index (χ2n) is 6.46. The van der Waals surface area contributed by atoms with Gasteiger partial charge in [-0.3, -0.25) is 24.6 Å². The maximum atomic E-state index is 12.8. The van der Waals surface area contributed by atoms with Gasteiger partial charge >= 0.3 is 0 Å². The Balaban J connectivity index is 1.66.